The van der Waals surface area contributed by atoms with Crippen LogP contribution in [-0.2, 0) is 9.59 Å². The first-order chi connectivity index (χ1) is 8.97. The normalized spacial score (nSPS) is 23.6. The van der Waals surface area contributed by atoms with Gasteiger partial charge in [0.25, 0.3) is 0 Å². The second kappa shape index (κ2) is 7.45. The quantitative estimate of drug-likeness (QED) is 0.635. The zero-order valence-corrected chi connectivity index (χ0v) is 12.0. The standard InChI is InChI=1S/C13H25N3O3/c1-4-5-9(2)15-12(17)10(3)16-7-6-14-8-11(16)13(18)19/h9-11,14H,4-8H2,1-3H3,(H,15,17)(H,18,19). The Kier molecular flexibility index (Phi) is 6.24. The van der Waals surface area contributed by atoms with Crippen molar-refractivity contribution in [1.29, 1.82) is 0 Å². The number of carboxylic acids is 1. The van der Waals surface area contributed by atoms with Gasteiger partial charge in [-0.2, -0.15) is 0 Å². The van der Waals surface area contributed by atoms with Crippen LogP contribution in [0.4, 0.5) is 0 Å². The minimum atomic E-state index is -0.881. The number of piperazine rings is 1. The van der Waals surface area contributed by atoms with E-state index in [0.717, 1.165) is 12.8 Å². The first kappa shape index (κ1) is 15.9. The number of nitrogens with one attached hydrogen (secondary N) is 2. The van der Waals surface area contributed by atoms with Crippen LogP contribution in [0, 0.1) is 0 Å². The lowest BCUT2D eigenvalue weighted by atomic mass is 10.1. The summed E-state index contributed by atoms with van der Waals surface area (Å²) in [5.41, 5.74) is 0. The molecule has 0 saturated carbocycles. The molecule has 6 nitrogen and oxygen atoms in total. The Bertz CT molecular complexity index is 322. The number of carboxylic acid groups (broad SMARTS) is 1. The molecule has 110 valence electrons. The Hall–Kier alpha value is -1.14. The van der Waals surface area contributed by atoms with Crippen LogP contribution in [0.3, 0.4) is 0 Å². The molecule has 1 amide bonds. The summed E-state index contributed by atoms with van der Waals surface area (Å²) in [6, 6.07) is -0.912. The molecule has 3 N–H and O–H groups in total. The monoisotopic (exact) mass is 271 g/mol. The highest BCUT2D eigenvalue weighted by atomic mass is 16.4. The lowest BCUT2D eigenvalue weighted by molar-refractivity contribution is -0.146. The predicted molar refractivity (Wildman–Crippen MR) is 73.0 cm³/mol. The second-order valence-electron chi connectivity index (χ2n) is 5.17. The maximum Gasteiger partial charge on any atom is 0.322 e. The molecule has 3 atom stereocenters. The smallest absolute Gasteiger partial charge is 0.322 e. The Labute approximate surface area is 114 Å². The number of amides is 1. The number of aliphatic carboxylic acids is 1. The SMILES string of the molecule is CCCC(C)NC(=O)C(C)N1CCNCC1C(=O)O. The van der Waals surface area contributed by atoms with Crippen molar-refractivity contribution in [2.24, 2.45) is 0 Å². The Morgan fingerprint density at radius 3 is 2.74 bits per heavy atom. The van der Waals surface area contributed by atoms with Gasteiger partial charge in [-0.3, -0.25) is 14.5 Å². The van der Waals surface area contributed by atoms with E-state index in [1.807, 2.05) is 6.92 Å². The van der Waals surface area contributed by atoms with E-state index < -0.39 is 18.1 Å². The van der Waals surface area contributed by atoms with Gasteiger partial charge in [-0.05, 0) is 20.3 Å². The summed E-state index contributed by atoms with van der Waals surface area (Å²) in [7, 11) is 0. The summed E-state index contributed by atoms with van der Waals surface area (Å²) in [5.74, 6) is -0.970. The molecule has 0 spiro atoms. The molecule has 1 heterocycles. The lowest BCUT2D eigenvalue weighted by Gasteiger charge is -2.37. The fourth-order valence-corrected chi connectivity index (χ4v) is 2.43. The van der Waals surface area contributed by atoms with Crippen molar-refractivity contribution >= 4 is 11.9 Å². The maximum atomic E-state index is 12.1. The molecule has 6 heteroatoms. The van der Waals surface area contributed by atoms with E-state index in [9.17, 15) is 14.7 Å². The van der Waals surface area contributed by atoms with Gasteiger partial charge >= 0.3 is 5.97 Å². The molecule has 0 bridgehead atoms. The largest absolute Gasteiger partial charge is 0.480 e. The summed E-state index contributed by atoms with van der Waals surface area (Å²) in [4.78, 5) is 25.1. The van der Waals surface area contributed by atoms with Crippen molar-refractivity contribution in [3.63, 3.8) is 0 Å². The van der Waals surface area contributed by atoms with Gasteiger partial charge < -0.3 is 15.7 Å². The molecule has 1 saturated heterocycles. The van der Waals surface area contributed by atoms with Crippen LogP contribution < -0.4 is 10.6 Å². The number of hydrogen-bond acceptors (Lipinski definition) is 4. The molecule has 1 aliphatic heterocycles. The number of nitrogens with zero attached hydrogens (tertiary/aromatic N) is 1. The highest BCUT2D eigenvalue weighted by molar-refractivity contribution is 5.83. The molecular weight excluding hydrogens is 246 g/mol. The molecule has 0 aromatic rings. The van der Waals surface area contributed by atoms with Crippen LogP contribution in [0.15, 0.2) is 0 Å². The van der Waals surface area contributed by atoms with Gasteiger partial charge in [0.1, 0.15) is 6.04 Å². The molecule has 1 fully saturated rings. The number of hydrogen-bond donors (Lipinski definition) is 3. The molecule has 0 aromatic heterocycles. The first-order valence-corrected chi connectivity index (χ1v) is 6.97. The van der Waals surface area contributed by atoms with E-state index in [0.29, 0.717) is 19.6 Å². The van der Waals surface area contributed by atoms with Gasteiger partial charge in [-0.25, -0.2) is 0 Å². The summed E-state index contributed by atoms with van der Waals surface area (Å²) in [5, 5.41) is 15.2. The van der Waals surface area contributed by atoms with E-state index >= 15 is 0 Å². The third-order valence-corrected chi connectivity index (χ3v) is 3.56. The van der Waals surface area contributed by atoms with Gasteiger partial charge in [0, 0.05) is 25.7 Å². The van der Waals surface area contributed by atoms with Crippen LogP contribution >= 0.6 is 0 Å². The van der Waals surface area contributed by atoms with Crippen LogP contribution in [0.1, 0.15) is 33.6 Å². The molecular formula is C13H25N3O3. The van der Waals surface area contributed by atoms with Crippen LogP contribution in [0.2, 0.25) is 0 Å². The molecule has 0 aliphatic carbocycles. The third-order valence-electron chi connectivity index (χ3n) is 3.56. The number of carbonyl (C=O) groups is 2. The molecule has 1 rings (SSSR count). The molecule has 0 aromatic carbocycles. The van der Waals surface area contributed by atoms with Gasteiger partial charge in [-0.15, -0.1) is 0 Å². The second-order valence-corrected chi connectivity index (χ2v) is 5.17. The van der Waals surface area contributed by atoms with Gasteiger partial charge in [-0.1, -0.05) is 13.3 Å². The van der Waals surface area contributed by atoms with Gasteiger partial charge in [0.2, 0.25) is 5.91 Å². The predicted octanol–water partition coefficient (Wildman–Crippen LogP) is 0.0381. The zero-order chi connectivity index (χ0) is 14.4. The third kappa shape index (κ3) is 4.47. The molecule has 1 aliphatic rings. The summed E-state index contributed by atoms with van der Waals surface area (Å²) >= 11 is 0. The summed E-state index contributed by atoms with van der Waals surface area (Å²) in [6.45, 7) is 7.50. The minimum Gasteiger partial charge on any atom is -0.480 e. The zero-order valence-electron chi connectivity index (χ0n) is 12.0. The van der Waals surface area contributed by atoms with Gasteiger partial charge in [0.15, 0.2) is 0 Å². The van der Waals surface area contributed by atoms with E-state index in [1.54, 1.807) is 11.8 Å². The van der Waals surface area contributed by atoms with E-state index in [1.165, 1.54) is 0 Å². The van der Waals surface area contributed by atoms with Crippen molar-refractivity contribution in [3.8, 4) is 0 Å². The summed E-state index contributed by atoms with van der Waals surface area (Å²) in [6.07, 6.45) is 1.95. The van der Waals surface area contributed by atoms with Crippen molar-refractivity contribution in [1.82, 2.24) is 15.5 Å². The van der Waals surface area contributed by atoms with Crippen LogP contribution in [0.5, 0.6) is 0 Å². The van der Waals surface area contributed by atoms with Gasteiger partial charge in [0.05, 0.1) is 6.04 Å². The fourth-order valence-electron chi connectivity index (χ4n) is 2.43. The summed E-state index contributed by atoms with van der Waals surface area (Å²) < 4.78 is 0. The van der Waals surface area contributed by atoms with E-state index in [-0.39, 0.29) is 11.9 Å². The Balaban J connectivity index is 2.60. The van der Waals surface area contributed by atoms with Crippen molar-refractivity contribution in [2.75, 3.05) is 19.6 Å². The van der Waals surface area contributed by atoms with Crippen molar-refractivity contribution < 1.29 is 14.7 Å². The minimum absolute atomic E-state index is 0.0888. The average Bonchev–Trinajstić information content (AvgIpc) is 2.37. The number of rotatable bonds is 6. The van der Waals surface area contributed by atoms with Crippen LogP contribution in [-0.4, -0.2) is 59.6 Å². The molecule has 3 unspecified atom stereocenters. The molecule has 19 heavy (non-hydrogen) atoms. The molecule has 0 radical (unpaired) electrons. The van der Waals surface area contributed by atoms with Crippen LogP contribution in [0.25, 0.3) is 0 Å². The maximum absolute atomic E-state index is 12.1. The van der Waals surface area contributed by atoms with Crippen molar-refractivity contribution in [3.05, 3.63) is 0 Å². The lowest BCUT2D eigenvalue weighted by Crippen LogP contribution is -2.61. The Morgan fingerprint density at radius 1 is 1.47 bits per heavy atom. The van der Waals surface area contributed by atoms with E-state index in [2.05, 4.69) is 17.6 Å². The first-order valence-electron chi connectivity index (χ1n) is 6.97. The average molecular weight is 271 g/mol. The number of carbonyl (C=O) groups excluding carboxylic acids is 1. The Morgan fingerprint density at radius 2 is 2.16 bits per heavy atom. The van der Waals surface area contributed by atoms with E-state index in [4.69, 9.17) is 0 Å². The highest BCUT2D eigenvalue weighted by Crippen LogP contribution is 2.10. The topological polar surface area (TPSA) is 81.7 Å². The van der Waals surface area contributed by atoms with Crippen molar-refractivity contribution in [2.45, 2.75) is 51.7 Å². The highest BCUT2D eigenvalue weighted by Gasteiger charge is 2.34. The fraction of sp³-hybridized carbons (Fsp3) is 0.846.